The molecule has 0 aromatic heterocycles. The number of hydrogen-bond donors (Lipinski definition) is 0. The van der Waals surface area contributed by atoms with Crippen molar-refractivity contribution >= 4 is 22.2 Å². The van der Waals surface area contributed by atoms with Gasteiger partial charge in [-0.25, -0.2) is 4.39 Å². The van der Waals surface area contributed by atoms with Crippen molar-refractivity contribution in [2.45, 2.75) is 11.0 Å². The number of benzene rings is 1. The minimum Gasteiger partial charge on any atom is -0.302 e. The molecule has 0 spiro atoms. The van der Waals surface area contributed by atoms with Gasteiger partial charge in [-0.05, 0) is 12.1 Å². The first-order chi connectivity index (χ1) is 6.86. The number of hydrogen-bond acceptors (Lipinski definition) is 1. The van der Waals surface area contributed by atoms with Crippen molar-refractivity contribution in [1.29, 1.82) is 0 Å². The van der Waals surface area contributed by atoms with Crippen molar-refractivity contribution in [3.63, 3.8) is 0 Å². The Bertz CT molecular complexity index is 375. The van der Waals surface area contributed by atoms with E-state index in [1.165, 1.54) is 0 Å². The molecule has 0 saturated heterocycles. The molecule has 0 amide bonds. The normalized spacial score (nSPS) is 13.7. The van der Waals surface area contributed by atoms with Gasteiger partial charge in [0.05, 0.1) is 10.4 Å². The second-order valence-electron chi connectivity index (χ2n) is 2.77. The number of halogens is 5. The number of alkyl halides is 4. The Balaban J connectivity index is 3.14. The molecular weight excluding hydrogens is 280 g/mol. The van der Waals surface area contributed by atoms with Crippen molar-refractivity contribution in [2.24, 2.45) is 0 Å². The highest BCUT2D eigenvalue weighted by molar-refractivity contribution is 9.09. The summed E-state index contributed by atoms with van der Waals surface area (Å²) >= 11 is 2.82. The summed E-state index contributed by atoms with van der Waals surface area (Å²) < 4.78 is 49.5. The molecule has 0 saturated carbocycles. The van der Waals surface area contributed by atoms with Crippen LogP contribution in [-0.2, 0) is 11.0 Å². The Kier molecular flexibility index (Phi) is 3.49. The average Bonchev–Trinajstić information content (AvgIpc) is 2.15. The minimum absolute atomic E-state index is 0.113. The molecule has 1 atom stereocenters. The second-order valence-corrected chi connectivity index (χ2v) is 3.76. The van der Waals surface area contributed by atoms with Gasteiger partial charge in [0.1, 0.15) is 12.1 Å². The number of carbonyl (C=O) groups is 1. The Morgan fingerprint density at radius 2 is 1.93 bits per heavy atom. The van der Waals surface area contributed by atoms with Gasteiger partial charge >= 0.3 is 6.18 Å². The molecule has 15 heavy (non-hydrogen) atoms. The van der Waals surface area contributed by atoms with Crippen LogP contribution in [0.1, 0.15) is 16.0 Å². The monoisotopic (exact) mass is 284 g/mol. The second kappa shape index (κ2) is 4.30. The maximum absolute atomic E-state index is 13.1. The lowest BCUT2D eigenvalue weighted by molar-refractivity contribution is -0.137. The lowest BCUT2D eigenvalue weighted by Gasteiger charge is -2.09. The van der Waals surface area contributed by atoms with Crippen LogP contribution in [0.15, 0.2) is 18.2 Å². The summed E-state index contributed by atoms with van der Waals surface area (Å²) in [5.41, 5.74) is -1.19. The van der Waals surface area contributed by atoms with Gasteiger partial charge in [-0.15, -0.1) is 0 Å². The zero-order valence-electron chi connectivity index (χ0n) is 7.18. The maximum Gasteiger partial charge on any atom is 0.416 e. The number of rotatable bonds is 2. The summed E-state index contributed by atoms with van der Waals surface area (Å²) in [6.07, 6.45) is -4.19. The van der Waals surface area contributed by atoms with E-state index in [2.05, 4.69) is 15.9 Å². The first-order valence-corrected chi connectivity index (χ1v) is 4.74. The topological polar surface area (TPSA) is 17.1 Å². The highest BCUT2D eigenvalue weighted by Gasteiger charge is 2.31. The molecule has 1 aromatic rings. The Hall–Kier alpha value is -0.910. The van der Waals surface area contributed by atoms with Crippen LogP contribution in [0.25, 0.3) is 0 Å². The van der Waals surface area contributed by atoms with Gasteiger partial charge in [0.15, 0.2) is 0 Å². The number of aldehydes is 1. The van der Waals surface area contributed by atoms with Gasteiger partial charge < -0.3 is 4.79 Å². The van der Waals surface area contributed by atoms with E-state index in [4.69, 9.17) is 0 Å². The van der Waals surface area contributed by atoms with E-state index in [9.17, 15) is 22.4 Å². The minimum atomic E-state index is -4.58. The third-order valence-corrected chi connectivity index (χ3v) is 2.45. The zero-order chi connectivity index (χ0) is 11.6. The van der Waals surface area contributed by atoms with Crippen molar-refractivity contribution < 1.29 is 22.4 Å². The van der Waals surface area contributed by atoms with Gasteiger partial charge in [0, 0.05) is 5.56 Å². The van der Waals surface area contributed by atoms with Crippen molar-refractivity contribution in [2.75, 3.05) is 0 Å². The predicted octanol–water partition coefficient (Wildman–Crippen LogP) is 3.48. The summed E-state index contributed by atoms with van der Waals surface area (Å²) in [4.78, 5) is 9.37. The molecule has 1 rings (SSSR count). The first kappa shape index (κ1) is 12.2. The predicted molar refractivity (Wildman–Crippen MR) is 49.1 cm³/mol. The zero-order valence-corrected chi connectivity index (χ0v) is 8.77. The molecule has 1 unspecified atom stereocenters. The van der Waals surface area contributed by atoms with Crippen LogP contribution in [0.2, 0.25) is 0 Å². The molecule has 0 radical (unpaired) electrons. The van der Waals surface area contributed by atoms with Crippen molar-refractivity contribution in [3.8, 4) is 0 Å². The van der Waals surface area contributed by atoms with Gasteiger partial charge in [-0.1, -0.05) is 22.0 Å². The Morgan fingerprint density at radius 1 is 1.33 bits per heavy atom. The summed E-state index contributed by atoms with van der Waals surface area (Å²) in [7, 11) is 0. The van der Waals surface area contributed by atoms with Gasteiger partial charge in [-0.2, -0.15) is 13.2 Å². The van der Waals surface area contributed by atoms with Crippen LogP contribution in [0, 0.1) is 5.82 Å². The molecule has 0 bridgehead atoms. The molecule has 6 heteroatoms. The average molecular weight is 285 g/mol. The quantitative estimate of drug-likeness (QED) is 0.462. The van der Waals surface area contributed by atoms with Crippen LogP contribution in [0.3, 0.4) is 0 Å². The Morgan fingerprint density at radius 3 is 2.33 bits per heavy atom. The van der Waals surface area contributed by atoms with E-state index in [0.717, 1.165) is 12.1 Å². The molecule has 82 valence electrons. The summed E-state index contributed by atoms with van der Waals surface area (Å²) in [6.45, 7) is 0. The molecule has 0 heterocycles. The maximum atomic E-state index is 13.1. The smallest absolute Gasteiger partial charge is 0.302 e. The SMILES string of the molecule is O=CC(Br)c1ccc(C(F)(F)F)cc1F. The fourth-order valence-corrected chi connectivity index (χ4v) is 1.37. The van der Waals surface area contributed by atoms with Crippen LogP contribution in [0.4, 0.5) is 17.6 Å². The standard InChI is InChI=1S/C9H5BrF4O/c10-7(4-15)6-2-1-5(3-8(6)11)9(12,13)14/h1-4,7H. The molecule has 1 nitrogen and oxygen atoms in total. The fraction of sp³-hybridized carbons (Fsp3) is 0.222. The van der Waals surface area contributed by atoms with Crippen molar-refractivity contribution in [1.82, 2.24) is 0 Å². The molecule has 1 aromatic carbocycles. The Labute approximate surface area is 91.2 Å². The molecule has 0 N–H and O–H groups in total. The largest absolute Gasteiger partial charge is 0.416 e. The third-order valence-electron chi connectivity index (χ3n) is 1.74. The van der Waals surface area contributed by atoms with E-state index in [1.54, 1.807) is 0 Å². The number of carbonyl (C=O) groups excluding carboxylic acids is 1. The first-order valence-electron chi connectivity index (χ1n) is 3.82. The molecule has 0 aliphatic carbocycles. The van der Waals surface area contributed by atoms with Gasteiger partial charge in [0.2, 0.25) is 0 Å². The fourth-order valence-electron chi connectivity index (χ4n) is 1.00. The highest BCUT2D eigenvalue weighted by atomic mass is 79.9. The molecular formula is C9H5BrF4O. The van der Waals surface area contributed by atoms with E-state index in [1.807, 2.05) is 0 Å². The van der Waals surface area contributed by atoms with Crippen LogP contribution in [0.5, 0.6) is 0 Å². The third kappa shape index (κ3) is 2.77. The van der Waals surface area contributed by atoms with Crippen LogP contribution < -0.4 is 0 Å². The van der Waals surface area contributed by atoms with E-state index >= 15 is 0 Å². The highest BCUT2D eigenvalue weighted by Crippen LogP contribution is 2.32. The molecule has 0 aliphatic heterocycles. The molecule has 0 fully saturated rings. The van der Waals surface area contributed by atoms with E-state index in [0.29, 0.717) is 12.4 Å². The summed E-state index contributed by atoms with van der Waals surface area (Å²) in [6, 6.07) is 2.04. The summed E-state index contributed by atoms with van der Waals surface area (Å²) in [5.74, 6) is -1.06. The van der Waals surface area contributed by atoms with Gasteiger partial charge in [0.25, 0.3) is 0 Å². The van der Waals surface area contributed by atoms with Crippen LogP contribution >= 0.6 is 15.9 Å². The lowest BCUT2D eigenvalue weighted by atomic mass is 10.1. The van der Waals surface area contributed by atoms with Crippen LogP contribution in [-0.4, -0.2) is 6.29 Å². The summed E-state index contributed by atoms with van der Waals surface area (Å²) in [5, 5.41) is 0. The van der Waals surface area contributed by atoms with E-state index in [-0.39, 0.29) is 5.56 Å². The van der Waals surface area contributed by atoms with E-state index < -0.39 is 22.4 Å². The van der Waals surface area contributed by atoms with Crippen molar-refractivity contribution in [3.05, 3.63) is 35.1 Å². The van der Waals surface area contributed by atoms with Gasteiger partial charge in [-0.3, -0.25) is 0 Å². The lowest BCUT2D eigenvalue weighted by Crippen LogP contribution is -2.06. The molecule has 0 aliphatic rings.